The highest BCUT2D eigenvalue weighted by Gasteiger charge is 2.09. The summed E-state index contributed by atoms with van der Waals surface area (Å²) in [7, 11) is 0. The molecule has 1 atom stereocenters. The molecule has 0 saturated carbocycles. The predicted molar refractivity (Wildman–Crippen MR) is 71.9 cm³/mol. The molecule has 0 radical (unpaired) electrons. The van der Waals surface area contributed by atoms with Crippen LogP contribution in [-0.2, 0) is 4.74 Å². The van der Waals surface area contributed by atoms with Crippen LogP contribution in [0, 0.1) is 5.92 Å². The van der Waals surface area contributed by atoms with Crippen molar-refractivity contribution in [3.8, 4) is 0 Å². The molecule has 2 nitrogen and oxygen atoms in total. The first-order chi connectivity index (χ1) is 7.31. The van der Waals surface area contributed by atoms with E-state index in [1.807, 2.05) is 0 Å². The summed E-state index contributed by atoms with van der Waals surface area (Å²) in [6, 6.07) is 0.613. The van der Waals surface area contributed by atoms with Gasteiger partial charge in [-0.1, -0.05) is 26.7 Å². The van der Waals surface area contributed by atoms with Crippen LogP contribution in [0.5, 0.6) is 0 Å². The highest BCUT2D eigenvalue weighted by Crippen LogP contribution is 2.08. The van der Waals surface area contributed by atoms with Gasteiger partial charge in [0, 0.05) is 12.6 Å². The van der Waals surface area contributed by atoms with Crippen LogP contribution in [0.4, 0.5) is 0 Å². The van der Waals surface area contributed by atoms with E-state index < -0.39 is 0 Å². The number of ether oxygens (including phenoxy) is 1. The SMILES string of the molecule is CC(C)CCCC(C)NCCOC(C)(C)C. The van der Waals surface area contributed by atoms with Crippen LogP contribution >= 0.6 is 0 Å². The Kier molecular flexibility index (Phi) is 8.04. The quantitative estimate of drug-likeness (QED) is 0.642. The van der Waals surface area contributed by atoms with Crippen LogP contribution in [0.2, 0.25) is 0 Å². The lowest BCUT2D eigenvalue weighted by Gasteiger charge is -2.21. The Bertz CT molecular complexity index is 161. The highest BCUT2D eigenvalue weighted by atomic mass is 16.5. The van der Waals surface area contributed by atoms with Crippen molar-refractivity contribution >= 4 is 0 Å². The number of hydrogen-bond acceptors (Lipinski definition) is 2. The molecule has 0 aromatic heterocycles. The van der Waals surface area contributed by atoms with Crippen molar-refractivity contribution in [2.24, 2.45) is 5.92 Å². The molecule has 0 aliphatic heterocycles. The zero-order valence-corrected chi connectivity index (χ0v) is 12.1. The summed E-state index contributed by atoms with van der Waals surface area (Å²) in [6.45, 7) is 14.9. The van der Waals surface area contributed by atoms with E-state index in [1.165, 1.54) is 19.3 Å². The second kappa shape index (κ2) is 8.08. The number of rotatable bonds is 8. The largest absolute Gasteiger partial charge is 0.375 e. The molecule has 0 rings (SSSR count). The van der Waals surface area contributed by atoms with Crippen LogP contribution in [0.25, 0.3) is 0 Å². The Hall–Kier alpha value is -0.0800. The fourth-order valence-corrected chi connectivity index (χ4v) is 1.60. The van der Waals surface area contributed by atoms with Gasteiger partial charge in [-0.25, -0.2) is 0 Å². The van der Waals surface area contributed by atoms with Crippen molar-refractivity contribution in [1.82, 2.24) is 5.32 Å². The lowest BCUT2D eigenvalue weighted by molar-refractivity contribution is -0.00156. The van der Waals surface area contributed by atoms with E-state index in [4.69, 9.17) is 4.74 Å². The molecule has 2 heteroatoms. The van der Waals surface area contributed by atoms with Gasteiger partial charge in [0.05, 0.1) is 12.2 Å². The second-order valence-electron chi connectivity index (χ2n) is 6.14. The molecule has 1 N–H and O–H groups in total. The normalized spacial score (nSPS) is 14.4. The van der Waals surface area contributed by atoms with Crippen LogP contribution in [0.15, 0.2) is 0 Å². The predicted octanol–water partition coefficient (Wildman–Crippen LogP) is 3.61. The van der Waals surface area contributed by atoms with Crippen molar-refractivity contribution in [3.63, 3.8) is 0 Å². The van der Waals surface area contributed by atoms with E-state index in [0.717, 1.165) is 19.1 Å². The summed E-state index contributed by atoms with van der Waals surface area (Å²) in [4.78, 5) is 0. The van der Waals surface area contributed by atoms with E-state index >= 15 is 0 Å². The van der Waals surface area contributed by atoms with Gasteiger partial charge in [0.1, 0.15) is 0 Å². The summed E-state index contributed by atoms with van der Waals surface area (Å²) < 4.78 is 5.66. The van der Waals surface area contributed by atoms with Gasteiger partial charge in [-0.3, -0.25) is 0 Å². The summed E-state index contributed by atoms with van der Waals surface area (Å²) in [5.41, 5.74) is -0.0113. The lowest BCUT2D eigenvalue weighted by atomic mass is 10.0. The minimum atomic E-state index is -0.0113. The molecule has 0 aliphatic rings. The molecule has 0 bridgehead atoms. The maximum Gasteiger partial charge on any atom is 0.0599 e. The molecular weight excluding hydrogens is 198 g/mol. The van der Waals surface area contributed by atoms with Crippen LogP contribution < -0.4 is 5.32 Å². The minimum Gasteiger partial charge on any atom is -0.375 e. The van der Waals surface area contributed by atoms with Crippen molar-refractivity contribution in [2.45, 2.75) is 72.4 Å². The maximum atomic E-state index is 5.66. The Balaban J connectivity index is 3.34. The van der Waals surface area contributed by atoms with Crippen molar-refractivity contribution in [2.75, 3.05) is 13.2 Å². The van der Waals surface area contributed by atoms with Crippen molar-refractivity contribution in [3.05, 3.63) is 0 Å². The molecule has 0 aromatic carbocycles. The third kappa shape index (κ3) is 12.0. The third-order valence-electron chi connectivity index (χ3n) is 2.55. The fraction of sp³-hybridized carbons (Fsp3) is 1.00. The summed E-state index contributed by atoms with van der Waals surface area (Å²) in [6.07, 6.45) is 3.93. The highest BCUT2D eigenvalue weighted by molar-refractivity contribution is 4.63. The summed E-state index contributed by atoms with van der Waals surface area (Å²) in [5.74, 6) is 0.830. The van der Waals surface area contributed by atoms with Gasteiger partial charge in [0.15, 0.2) is 0 Å². The number of nitrogens with one attached hydrogen (secondary N) is 1. The van der Waals surface area contributed by atoms with E-state index in [0.29, 0.717) is 6.04 Å². The average Bonchev–Trinajstić information content (AvgIpc) is 2.10. The maximum absolute atomic E-state index is 5.66. The van der Waals surface area contributed by atoms with Gasteiger partial charge >= 0.3 is 0 Å². The van der Waals surface area contributed by atoms with E-state index in [-0.39, 0.29) is 5.60 Å². The average molecular weight is 229 g/mol. The smallest absolute Gasteiger partial charge is 0.0599 e. The molecule has 1 unspecified atom stereocenters. The Morgan fingerprint density at radius 1 is 1.06 bits per heavy atom. The molecule has 0 aliphatic carbocycles. The Morgan fingerprint density at radius 3 is 2.19 bits per heavy atom. The van der Waals surface area contributed by atoms with E-state index in [2.05, 4.69) is 46.9 Å². The molecule has 16 heavy (non-hydrogen) atoms. The molecule has 0 spiro atoms. The van der Waals surface area contributed by atoms with E-state index in [1.54, 1.807) is 0 Å². The van der Waals surface area contributed by atoms with Crippen LogP contribution in [0.3, 0.4) is 0 Å². The second-order valence-corrected chi connectivity index (χ2v) is 6.14. The monoisotopic (exact) mass is 229 g/mol. The standard InChI is InChI=1S/C14H31NO/c1-12(2)8-7-9-13(3)15-10-11-16-14(4,5)6/h12-13,15H,7-11H2,1-6H3. The molecule has 0 heterocycles. The number of hydrogen-bond donors (Lipinski definition) is 1. The molecule has 98 valence electrons. The van der Waals surface area contributed by atoms with Gasteiger partial charge in [0.2, 0.25) is 0 Å². The first-order valence-corrected chi connectivity index (χ1v) is 6.68. The fourth-order valence-electron chi connectivity index (χ4n) is 1.60. The Morgan fingerprint density at radius 2 is 1.69 bits per heavy atom. The molecule has 0 aromatic rings. The molecule has 0 amide bonds. The van der Waals surface area contributed by atoms with Gasteiger partial charge in [-0.2, -0.15) is 0 Å². The minimum absolute atomic E-state index is 0.0113. The van der Waals surface area contributed by atoms with Gasteiger partial charge in [0.25, 0.3) is 0 Å². The van der Waals surface area contributed by atoms with Crippen molar-refractivity contribution < 1.29 is 4.74 Å². The summed E-state index contributed by atoms with van der Waals surface area (Å²) in [5, 5.41) is 3.50. The summed E-state index contributed by atoms with van der Waals surface area (Å²) >= 11 is 0. The lowest BCUT2D eigenvalue weighted by Crippen LogP contribution is -2.32. The van der Waals surface area contributed by atoms with Gasteiger partial charge < -0.3 is 10.1 Å². The van der Waals surface area contributed by atoms with E-state index in [9.17, 15) is 0 Å². The first kappa shape index (κ1) is 15.9. The zero-order valence-electron chi connectivity index (χ0n) is 12.1. The zero-order chi connectivity index (χ0) is 12.6. The molecule has 0 fully saturated rings. The third-order valence-corrected chi connectivity index (χ3v) is 2.55. The first-order valence-electron chi connectivity index (χ1n) is 6.68. The van der Waals surface area contributed by atoms with Crippen LogP contribution in [-0.4, -0.2) is 24.8 Å². The molecular formula is C14H31NO. The topological polar surface area (TPSA) is 21.3 Å². The van der Waals surface area contributed by atoms with Crippen molar-refractivity contribution in [1.29, 1.82) is 0 Å². The Labute approximate surface area is 102 Å². The van der Waals surface area contributed by atoms with Crippen LogP contribution in [0.1, 0.15) is 60.8 Å². The molecule has 0 saturated heterocycles. The van der Waals surface area contributed by atoms with Gasteiger partial charge in [-0.05, 0) is 40.0 Å². The van der Waals surface area contributed by atoms with Gasteiger partial charge in [-0.15, -0.1) is 0 Å².